The smallest absolute Gasteiger partial charge is 0.383 e. The van der Waals surface area contributed by atoms with Crippen molar-refractivity contribution in [3.8, 4) is 0 Å². The molecule has 0 amide bonds. The zero-order chi connectivity index (χ0) is 23.3. The lowest BCUT2D eigenvalue weighted by atomic mass is 10.3. The van der Waals surface area contributed by atoms with Gasteiger partial charge in [0.05, 0.1) is 42.4 Å². The number of anilines is 2. The molecule has 0 spiro atoms. The summed E-state index contributed by atoms with van der Waals surface area (Å²) in [6.07, 6.45) is 4.79. The summed E-state index contributed by atoms with van der Waals surface area (Å²) >= 11 is 0. The van der Waals surface area contributed by atoms with E-state index in [0.717, 1.165) is 18.0 Å². The number of hydrogen-bond donors (Lipinski definition) is 1. The van der Waals surface area contributed by atoms with Crippen molar-refractivity contribution in [1.82, 2.24) is 9.55 Å². The number of hydrogen-bond acceptors (Lipinski definition) is 9. The van der Waals surface area contributed by atoms with Crippen molar-refractivity contribution in [1.29, 1.82) is 0 Å². The first kappa shape index (κ1) is 22.3. The van der Waals surface area contributed by atoms with Crippen LogP contribution in [0.1, 0.15) is 0 Å². The maximum Gasteiger partial charge on any atom is 0.421 e. The number of nitrogens with one attached hydrogen (secondary N) is 1. The average Bonchev–Trinajstić information content (AvgIpc) is 3.09. The molecule has 1 aromatic carbocycles. The number of azo groups is 1. The summed E-state index contributed by atoms with van der Waals surface area (Å²) < 4.78 is 3.72. The Morgan fingerprint density at radius 1 is 1.19 bits per heavy atom. The molecule has 0 radical (unpaired) electrons. The lowest BCUT2D eigenvalue weighted by Gasteiger charge is -2.18. The number of likely N-dealkylation sites (N-methyl/N-ethyl adjacent to an activating group) is 1. The van der Waals surface area contributed by atoms with Gasteiger partial charge in [0.15, 0.2) is 0 Å². The molecular weight excluding hydrogens is 418 g/mol. The van der Waals surface area contributed by atoms with Crippen LogP contribution in [0.15, 0.2) is 59.2 Å². The van der Waals surface area contributed by atoms with Gasteiger partial charge in [0.25, 0.3) is 5.69 Å². The second-order valence-corrected chi connectivity index (χ2v) is 6.97. The monoisotopic (exact) mass is 440 g/mol. The number of nitrogens with zero attached hydrogens (tertiary/aromatic N) is 8. The minimum Gasteiger partial charge on any atom is -0.383 e. The summed E-state index contributed by atoms with van der Waals surface area (Å²) in [7, 11) is 5.41. The Morgan fingerprint density at radius 2 is 1.91 bits per heavy atom. The number of benzene rings is 1. The second kappa shape index (κ2) is 9.59. The Hall–Kier alpha value is -4.42. The van der Waals surface area contributed by atoms with E-state index in [9.17, 15) is 20.2 Å². The quantitative estimate of drug-likeness (QED) is 0.233. The fraction of sp³-hybridized carbons (Fsp3) is 0.263. The Balaban J connectivity index is 1.58. The van der Waals surface area contributed by atoms with Crippen molar-refractivity contribution in [2.24, 2.45) is 24.3 Å². The summed E-state index contributed by atoms with van der Waals surface area (Å²) in [5.74, 6) is 0.774. The van der Waals surface area contributed by atoms with Gasteiger partial charge in [-0.05, 0) is 24.3 Å². The Bertz CT molecular complexity index is 1140. The normalized spacial score (nSPS) is 11.0. The first-order valence-electron chi connectivity index (χ1n) is 9.53. The number of pyridine rings is 1. The summed E-state index contributed by atoms with van der Waals surface area (Å²) in [5.41, 5.74) is 0.695. The third-order valence-electron chi connectivity index (χ3n) is 4.65. The molecule has 0 aliphatic heterocycles. The van der Waals surface area contributed by atoms with E-state index >= 15 is 0 Å². The molecule has 0 fully saturated rings. The van der Waals surface area contributed by atoms with Crippen molar-refractivity contribution in [2.75, 3.05) is 30.4 Å². The van der Waals surface area contributed by atoms with Crippen LogP contribution in [0, 0.1) is 20.2 Å². The Morgan fingerprint density at radius 3 is 2.50 bits per heavy atom. The highest BCUT2D eigenvalue weighted by Gasteiger charge is 2.23. The number of nitro groups is 2. The van der Waals surface area contributed by atoms with Gasteiger partial charge in [0.2, 0.25) is 5.82 Å². The molecule has 13 nitrogen and oxygen atoms in total. The Kier molecular flexibility index (Phi) is 6.68. The minimum atomic E-state index is -0.714. The molecule has 3 rings (SSSR count). The van der Waals surface area contributed by atoms with Crippen LogP contribution >= 0.6 is 0 Å². The highest BCUT2D eigenvalue weighted by atomic mass is 16.6. The molecule has 0 unspecified atom stereocenters. The van der Waals surface area contributed by atoms with Gasteiger partial charge in [0.1, 0.15) is 11.9 Å². The van der Waals surface area contributed by atoms with Crippen molar-refractivity contribution in [2.45, 2.75) is 0 Å². The van der Waals surface area contributed by atoms with Crippen LogP contribution in [-0.4, -0.2) is 39.5 Å². The molecule has 2 heterocycles. The average molecular weight is 440 g/mol. The number of aromatic nitrogens is 3. The van der Waals surface area contributed by atoms with Crippen molar-refractivity contribution >= 4 is 34.5 Å². The summed E-state index contributed by atoms with van der Waals surface area (Å²) in [6, 6.07) is 8.26. The van der Waals surface area contributed by atoms with E-state index in [-0.39, 0.29) is 5.82 Å². The fourth-order valence-corrected chi connectivity index (χ4v) is 2.91. The van der Waals surface area contributed by atoms with Gasteiger partial charge in [0, 0.05) is 30.9 Å². The van der Waals surface area contributed by atoms with Crippen molar-refractivity contribution in [3.05, 3.63) is 69.2 Å². The SMILES string of the molecule is CN(CCNc1ccc(/N=N/c2n(C)cc[n+]2C)cc1)c1ncc([N+](=O)[O-])cc1[N+](=O)[O-]. The van der Waals surface area contributed by atoms with E-state index in [1.807, 2.05) is 59.9 Å². The number of imidazole rings is 1. The topological polar surface area (TPSA) is 148 Å². The zero-order valence-electron chi connectivity index (χ0n) is 17.7. The van der Waals surface area contributed by atoms with Crippen LogP contribution in [0.3, 0.4) is 0 Å². The zero-order valence-corrected chi connectivity index (χ0v) is 17.7. The van der Waals surface area contributed by atoms with Gasteiger partial charge >= 0.3 is 11.6 Å². The van der Waals surface area contributed by atoms with Gasteiger partial charge in [-0.3, -0.25) is 20.2 Å². The van der Waals surface area contributed by atoms with E-state index in [1.54, 1.807) is 11.9 Å². The van der Waals surface area contributed by atoms with Crippen LogP contribution in [0.25, 0.3) is 0 Å². The van der Waals surface area contributed by atoms with E-state index < -0.39 is 21.2 Å². The van der Waals surface area contributed by atoms with Crippen LogP contribution in [0.4, 0.5) is 34.5 Å². The highest BCUT2D eigenvalue weighted by molar-refractivity contribution is 5.61. The molecule has 166 valence electrons. The maximum atomic E-state index is 11.3. The molecule has 0 saturated carbocycles. The van der Waals surface area contributed by atoms with Crippen LogP contribution in [0.2, 0.25) is 0 Å². The lowest BCUT2D eigenvalue weighted by molar-refractivity contribution is -0.657. The van der Waals surface area contributed by atoms with Gasteiger partial charge in [-0.1, -0.05) is 5.11 Å². The summed E-state index contributed by atoms with van der Waals surface area (Å²) in [4.78, 5) is 26.2. The van der Waals surface area contributed by atoms with E-state index in [4.69, 9.17) is 0 Å². The first-order valence-corrected chi connectivity index (χ1v) is 9.53. The van der Waals surface area contributed by atoms with E-state index in [0.29, 0.717) is 24.7 Å². The van der Waals surface area contributed by atoms with Gasteiger partial charge in [-0.15, -0.1) is 0 Å². The second-order valence-electron chi connectivity index (χ2n) is 6.97. The van der Waals surface area contributed by atoms with Crippen LogP contribution in [-0.2, 0) is 14.1 Å². The molecule has 0 saturated heterocycles. The summed E-state index contributed by atoms with van der Waals surface area (Å²) in [6.45, 7) is 0.851. The predicted molar refractivity (Wildman–Crippen MR) is 117 cm³/mol. The number of rotatable bonds is 9. The fourth-order valence-electron chi connectivity index (χ4n) is 2.91. The lowest BCUT2D eigenvalue weighted by Crippen LogP contribution is -2.26. The molecule has 32 heavy (non-hydrogen) atoms. The first-order chi connectivity index (χ1) is 15.3. The minimum absolute atomic E-state index is 0.0620. The standard InChI is InChI=1S/C19H21N9O4/c1-24(18-17(28(31)32)12-16(13-21-18)27(29)30)9-8-20-14-4-6-15(7-5-14)22-23-19-25(2)10-11-26(19)3/h4-7,10-13H,8-9H2,1-3H3/p+1. The predicted octanol–water partition coefficient (Wildman–Crippen LogP) is 3.02. The third-order valence-corrected chi connectivity index (χ3v) is 4.65. The third kappa shape index (κ3) is 5.19. The maximum absolute atomic E-state index is 11.3. The van der Waals surface area contributed by atoms with Crippen molar-refractivity contribution < 1.29 is 14.4 Å². The molecule has 0 aliphatic carbocycles. The van der Waals surface area contributed by atoms with Gasteiger partial charge < -0.3 is 10.2 Å². The van der Waals surface area contributed by atoms with Crippen LogP contribution < -0.4 is 14.8 Å². The highest BCUT2D eigenvalue weighted by Crippen LogP contribution is 2.28. The molecule has 2 aromatic heterocycles. The number of aryl methyl sites for hydroxylation is 2. The molecule has 0 aliphatic rings. The molecular formula is C19H22N9O4+. The molecule has 0 atom stereocenters. The van der Waals surface area contributed by atoms with E-state index in [1.165, 1.54) is 0 Å². The van der Waals surface area contributed by atoms with Crippen molar-refractivity contribution in [3.63, 3.8) is 0 Å². The molecule has 13 heteroatoms. The molecule has 0 bridgehead atoms. The Labute approximate surface area is 183 Å². The van der Waals surface area contributed by atoms with Crippen LogP contribution in [0.5, 0.6) is 0 Å². The van der Waals surface area contributed by atoms with Gasteiger partial charge in [-0.2, -0.15) is 0 Å². The van der Waals surface area contributed by atoms with E-state index in [2.05, 4.69) is 20.5 Å². The largest absolute Gasteiger partial charge is 0.421 e. The summed E-state index contributed by atoms with van der Waals surface area (Å²) in [5, 5.41) is 33.8. The van der Waals surface area contributed by atoms with Gasteiger partial charge in [-0.25, -0.2) is 14.1 Å². The molecule has 3 aromatic rings. The molecule has 1 N–H and O–H groups in total.